The molecule has 0 radical (unpaired) electrons. The van der Waals surface area contributed by atoms with Crippen LogP contribution in [0.2, 0.25) is 0 Å². The molecule has 4 nitrogen and oxygen atoms in total. The van der Waals surface area contributed by atoms with Crippen LogP contribution >= 0.6 is 0 Å². The largest absolute Gasteiger partial charge is 0.326 e. The highest BCUT2D eigenvalue weighted by atomic mass is 16.2. The summed E-state index contributed by atoms with van der Waals surface area (Å²) in [7, 11) is 0. The van der Waals surface area contributed by atoms with Crippen LogP contribution in [0.15, 0.2) is 36.4 Å². The molecule has 0 aromatic heterocycles. The normalized spacial score (nSPS) is 18.9. The van der Waals surface area contributed by atoms with Crippen molar-refractivity contribution in [1.29, 1.82) is 0 Å². The van der Waals surface area contributed by atoms with E-state index < -0.39 is 0 Å². The van der Waals surface area contributed by atoms with Crippen LogP contribution in [0.25, 0.3) is 0 Å². The minimum atomic E-state index is -0.310. The van der Waals surface area contributed by atoms with Gasteiger partial charge in [-0.15, -0.1) is 0 Å². The van der Waals surface area contributed by atoms with E-state index in [2.05, 4.69) is 17.4 Å². The molecule has 1 atom stereocenters. The zero-order chi connectivity index (χ0) is 18.3. The fraction of sp³-hybridized carbons (Fsp3) is 0.364. The Kier molecular flexibility index (Phi) is 4.27. The van der Waals surface area contributed by atoms with E-state index in [1.54, 1.807) is 4.90 Å². The molecule has 4 heteroatoms. The Hall–Kier alpha value is -2.62. The Morgan fingerprint density at radius 2 is 1.92 bits per heavy atom. The van der Waals surface area contributed by atoms with Gasteiger partial charge in [0.2, 0.25) is 11.8 Å². The maximum Gasteiger partial charge on any atom is 0.229 e. The van der Waals surface area contributed by atoms with E-state index in [9.17, 15) is 9.59 Å². The lowest BCUT2D eigenvalue weighted by molar-refractivity contribution is -0.122. The number of aryl methyl sites for hydroxylation is 3. The van der Waals surface area contributed by atoms with Crippen molar-refractivity contribution in [2.24, 2.45) is 5.92 Å². The smallest absolute Gasteiger partial charge is 0.229 e. The first-order valence-corrected chi connectivity index (χ1v) is 9.32. The van der Waals surface area contributed by atoms with Crippen LogP contribution in [0.1, 0.15) is 35.1 Å². The number of carbonyl (C=O) groups excluding carboxylic acids is 2. The predicted molar refractivity (Wildman–Crippen MR) is 103 cm³/mol. The van der Waals surface area contributed by atoms with E-state index in [0.29, 0.717) is 6.54 Å². The average Bonchev–Trinajstić information content (AvgIpc) is 3.23. The third kappa shape index (κ3) is 3.00. The molecule has 0 bridgehead atoms. The number of fused-ring (bicyclic) bond motifs is 1. The molecule has 134 valence electrons. The fourth-order valence-corrected chi connectivity index (χ4v) is 4.04. The minimum absolute atomic E-state index is 0.0211. The third-order valence-corrected chi connectivity index (χ3v) is 5.73. The molecule has 1 heterocycles. The highest BCUT2D eigenvalue weighted by Crippen LogP contribution is 2.30. The lowest BCUT2D eigenvalue weighted by Crippen LogP contribution is -2.28. The molecule has 1 fully saturated rings. The number of hydrogen-bond donors (Lipinski definition) is 1. The molecular weight excluding hydrogens is 324 g/mol. The van der Waals surface area contributed by atoms with E-state index in [1.165, 1.54) is 17.5 Å². The number of anilines is 2. The summed E-state index contributed by atoms with van der Waals surface area (Å²) in [6, 6.07) is 12.1. The number of nitrogens with zero attached hydrogens (tertiary/aromatic N) is 1. The van der Waals surface area contributed by atoms with Gasteiger partial charge in [0, 0.05) is 24.3 Å². The number of nitrogens with one attached hydrogen (secondary N) is 1. The number of carbonyl (C=O) groups is 2. The van der Waals surface area contributed by atoms with Crippen LogP contribution in [0.3, 0.4) is 0 Å². The lowest BCUT2D eigenvalue weighted by Gasteiger charge is -2.20. The summed E-state index contributed by atoms with van der Waals surface area (Å²) in [5.41, 5.74) is 6.74. The topological polar surface area (TPSA) is 49.4 Å². The summed E-state index contributed by atoms with van der Waals surface area (Å²) in [5.74, 6) is -0.354. The van der Waals surface area contributed by atoms with E-state index in [0.717, 1.165) is 35.3 Å². The molecule has 1 saturated heterocycles. The summed E-state index contributed by atoms with van der Waals surface area (Å²) >= 11 is 0. The quantitative estimate of drug-likeness (QED) is 0.917. The first kappa shape index (κ1) is 16.8. The highest BCUT2D eigenvalue weighted by molar-refractivity contribution is 6.04. The van der Waals surface area contributed by atoms with Crippen molar-refractivity contribution in [2.75, 3.05) is 16.8 Å². The lowest BCUT2D eigenvalue weighted by atomic mass is 10.1. The Labute approximate surface area is 154 Å². The van der Waals surface area contributed by atoms with Gasteiger partial charge in [0.05, 0.1) is 5.92 Å². The molecule has 1 N–H and O–H groups in total. The molecule has 1 aliphatic carbocycles. The molecule has 1 aliphatic heterocycles. The zero-order valence-electron chi connectivity index (χ0n) is 15.3. The summed E-state index contributed by atoms with van der Waals surface area (Å²) in [5, 5.41) is 3.01. The van der Waals surface area contributed by atoms with E-state index in [4.69, 9.17) is 0 Å². The number of amides is 2. The summed E-state index contributed by atoms with van der Waals surface area (Å²) in [4.78, 5) is 27.0. The van der Waals surface area contributed by atoms with E-state index in [-0.39, 0.29) is 24.2 Å². The molecule has 2 amide bonds. The predicted octanol–water partition coefficient (Wildman–Crippen LogP) is 3.78. The number of rotatable bonds is 3. The number of benzene rings is 2. The zero-order valence-corrected chi connectivity index (χ0v) is 15.3. The second kappa shape index (κ2) is 6.60. The van der Waals surface area contributed by atoms with Gasteiger partial charge in [-0.1, -0.05) is 18.2 Å². The second-order valence-electron chi connectivity index (χ2n) is 7.45. The fourth-order valence-electron chi connectivity index (χ4n) is 4.04. The van der Waals surface area contributed by atoms with Gasteiger partial charge in [-0.05, 0) is 73.6 Å². The van der Waals surface area contributed by atoms with Crippen LogP contribution in [0.5, 0.6) is 0 Å². The minimum Gasteiger partial charge on any atom is -0.326 e. The summed E-state index contributed by atoms with van der Waals surface area (Å²) in [6.07, 6.45) is 3.67. The van der Waals surface area contributed by atoms with Crippen molar-refractivity contribution in [1.82, 2.24) is 0 Å². The molecule has 0 spiro atoms. The first-order valence-electron chi connectivity index (χ1n) is 9.32. The van der Waals surface area contributed by atoms with Crippen LogP contribution in [-0.4, -0.2) is 18.4 Å². The van der Waals surface area contributed by atoms with E-state index in [1.807, 2.05) is 38.1 Å². The van der Waals surface area contributed by atoms with Crippen molar-refractivity contribution in [3.63, 3.8) is 0 Å². The Bertz CT molecular complexity index is 888. The molecule has 0 unspecified atom stereocenters. The molecule has 2 aromatic rings. The van der Waals surface area contributed by atoms with Crippen molar-refractivity contribution in [3.8, 4) is 0 Å². The first-order chi connectivity index (χ1) is 12.5. The second-order valence-corrected chi connectivity index (χ2v) is 7.45. The monoisotopic (exact) mass is 348 g/mol. The maximum absolute atomic E-state index is 12.7. The van der Waals surface area contributed by atoms with Gasteiger partial charge in [-0.3, -0.25) is 9.59 Å². The van der Waals surface area contributed by atoms with Gasteiger partial charge < -0.3 is 10.2 Å². The Morgan fingerprint density at radius 1 is 1.12 bits per heavy atom. The molecular formula is C22H24N2O2. The highest BCUT2D eigenvalue weighted by Gasteiger charge is 2.35. The third-order valence-electron chi connectivity index (χ3n) is 5.73. The van der Waals surface area contributed by atoms with Gasteiger partial charge in [-0.25, -0.2) is 0 Å². The maximum atomic E-state index is 12.7. The van der Waals surface area contributed by atoms with Gasteiger partial charge in [-0.2, -0.15) is 0 Å². The molecule has 26 heavy (non-hydrogen) atoms. The Balaban J connectivity index is 1.48. The number of hydrogen-bond acceptors (Lipinski definition) is 2. The summed E-state index contributed by atoms with van der Waals surface area (Å²) < 4.78 is 0. The van der Waals surface area contributed by atoms with Crippen molar-refractivity contribution >= 4 is 23.2 Å². The van der Waals surface area contributed by atoms with Crippen molar-refractivity contribution in [2.45, 2.75) is 39.5 Å². The summed E-state index contributed by atoms with van der Waals surface area (Å²) in [6.45, 7) is 4.51. The molecule has 2 aromatic carbocycles. The molecule has 4 rings (SSSR count). The molecule has 2 aliphatic rings. The van der Waals surface area contributed by atoms with E-state index >= 15 is 0 Å². The molecule has 0 saturated carbocycles. The Morgan fingerprint density at radius 3 is 2.77 bits per heavy atom. The SMILES string of the molecule is Cc1cccc(N2C[C@@H](C(=O)Nc3ccc4c(c3)CCC4)CC2=O)c1C. The van der Waals surface area contributed by atoms with Crippen LogP contribution in [0, 0.1) is 19.8 Å². The average molecular weight is 348 g/mol. The van der Waals surface area contributed by atoms with Gasteiger partial charge in [0.15, 0.2) is 0 Å². The standard InChI is InChI=1S/C22H24N2O2/c1-14-5-3-8-20(15(14)2)24-13-18(12-21(24)25)22(26)23-19-10-9-16-6-4-7-17(16)11-19/h3,5,8-11,18H,4,6-7,12-13H2,1-2H3,(H,23,26)/t18-/m0/s1. The van der Waals surface area contributed by atoms with Crippen LogP contribution < -0.4 is 10.2 Å². The van der Waals surface area contributed by atoms with Gasteiger partial charge in [0.25, 0.3) is 0 Å². The van der Waals surface area contributed by atoms with Crippen LogP contribution in [-0.2, 0) is 22.4 Å². The van der Waals surface area contributed by atoms with Crippen molar-refractivity contribution in [3.05, 3.63) is 58.7 Å². The van der Waals surface area contributed by atoms with Gasteiger partial charge >= 0.3 is 0 Å². The van der Waals surface area contributed by atoms with Gasteiger partial charge in [0.1, 0.15) is 0 Å². The van der Waals surface area contributed by atoms with Crippen LogP contribution in [0.4, 0.5) is 11.4 Å². The van der Waals surface area contributed by atoms with Crippen molar-refractivity contribution < 1.29 is 9.59 Å².